The molecule has 2 saturated heterocycles. The van der Waals surface area contributed by atoms with Crippen molar-refractivity contribution in [1.29, 1.82) is 5.26 Å². The van der Waals surface area contributed by atoms with Crippen molar-refractivity contribution >= 4 is 6.09 Å². The first kappa shape index (κ1) is 23.8. The number of likely N-dealkylation sites (tertiary alicyclic amines) is 1. The molecule has 2 fully saturated rings. The van der Waals surface area contributed by atoms with Crippen molar-refractivity contribution in [3.63, 3.8) is 0 Å². The number of carbonyl (C=O) groups is 1. The SMILES string of the molecule is Cc1cc(Oc2ccc(CN3CCC(N4C(=O)OC[C@H]4c4ccccc4)CC3)c(C)n2)ccc1C#N. The Bertz CT molecular complexity index is 1280. The minimum absolute atomic E-state index is 0.00543. The second kappa shape index (κ2) is 10.4. The lowest BCUT2D eigenvalue weighted by atomic mass is 9.98. The number of nitriles is 1. The Balaban J connectivity index is 1.19. The molecule has 2 aromatic carbocycles. The van der Waals surface area contributed by atoms with Crippen molar-refractivity contribution in [3.8, 4) is 17.7 Å². The molecule has 7 nitrogen and oxygen atoms in total. The normalized spacial score (nSPS) is 18.6. The smallest absolute Gasteiger partial charge is 0.410 e. The number of hydrogen-bond acceptors (Lipinski definition) is 6. The van der Waals surface area contributed by atoms with E-state index in [0.29, 0.717) is 23.8 Å². The predicted octanol–water partition coefficient (Wildman–Crippen LogP) is 5.52. The quantitative estimate of drug-likeness (QED) is 0.460. The molecule has 3 heterocycles. The van der Waals surface area contributed by atoms with Gasteiger partial charge in [0.25, 0.3) is 0 Å². The number of hydrogen-bond donors (Lipinski definition) is 0. The molecule has 0 aliphatic carbocycles. The van der Waals surface area contributed by atoms with Crippen LogP contribution in [0.15, 0.2) is 60.7 Å². The van der Waals surface area contributed by atoms with Crippen molar-refractivity contribution in [2.75, 3.05) is 19.7 Å². The summed E-state index contributed by atoms with van der Waals surface area (Å²) in [6.45, 7) is 6.96. The highest BCUT2D eigenvalue weighted by Crippen LogP contribution is 2.33. The maximum Gasteiger partial charge on any atom is 0.410 e. The Kier molecular flexibility index (Phi) is 6.88. The number of amides is 1. The van der Waals surface area contributed by atoms with E-state index in [9.17, 15) is 4.79 Å². The maximum absolute atomic E-state index is 12.5. The summed E-state index contributed by atoms with van der Waals surface area (Å²) in [5, 5.41) is 9.11. The van der Waals surface area contributed by atoms with Crippen LogP contribution in [-0.4, -0.2) is 46.6 Å². The summed E-state index contributed by atoms with van der Waals surface area (Å²) < 4.78 is 11.4. The molecule has 0 saturated carbocycles. The summed E-state index contributed by atoms with van der Waals surface area (Å²) in [4.78, 5) is 21.6. The van der Waals surface area contributed by atoms with E-state index in [-0.39, 0.29) is 18.2 Å². The second-order valence-electron chi connectivity index (χ2n) is 9.50. The van der Waals surface area contributed by atoms with E-state index >= 15 is 0 Å². The van der Waals surface area contributed by atoms with Gasteiger partial charge in [-0.1, -0.05) is 36.4 Å². The molecular formula is C29H30N4O3. The van der Waals surface area contributed by atoms with Gasteiger partial charge in [0, 0.05) is 37.4 Å². The standard InChI is InChI=1S/C29H30N4O3/c1-20-16-26(10-8-23(20)17-30)36-28-11-9-24(21(2)31-28)18-32-14-12-25(13-15-32)33-27(19-35-29(33)34)22-6-4-3-5-7-22/h3-11,16,25,27H,12-15,18-19H2,1-2H3/t27-/m0/s1. The van der Waals surface area contributed by atoms with Gasteiger partial charge in [0.1, 0.15) is 12.4 Å². The lowest BCUT2D eigenvalue weighted by Gasteiger charge is -2.38. The molecule has 2 aliphatic heterocycles. The first-order valence-corrected chi connectivity index (χ1v) is 12.4. The fourth-order valence-corrected chi connectivity index (χ4v) is 5.10. The third kappa shape index (κ3) is 5.05. The van der Waals surface area contributed by atoms with E-state index in [1.54, 1.807) is 12.1 Å². The van der Waals surface area contributed by atoms with Gasteiger partial charge in [-0.15, -0.1) is 0 Å². The van der Waals surface area contributed by atoms with Crippen LogP contribution < -0.4 is 4.74 Å². The third-order valence-electron chi connectivity index (χ3n) is 7.15. The molecule has 1 atom stereocenters. The lowest BCUT2D eigenvalue weighted by molar-refractivity contribution is 0.104. The van der Waals surface area contributed by atoms with Crippen LogP contribution in [0.4, 0.5) is 4.79 Å². The number of benzene rings is 2. The highest BCUT2D eigenvalue weighted by atomic mass is 16.6. The zero-order valence-electron chi connectivity index (χ0n) is 20.7. The number of rotatable bonds is 6. The van der Waals surface area contributed by atoms with Crippen molar-refractivity contribution in [1.82, 2.24) is 14.8 Å². The van der Waals surface area contributed by atoms with E-state index in [4.69, 9.17) is 14.7 Å². The van der Waals surface area contributed by atoms with Crippen LogP contribution >= 0.6 is 0 Å². The van der Waals surface area contributed by atoms with Gasteiger partial charge in [0.15, 0.2) is 0 Å². The van der Waals surface area contributed by atoms with Crippen molar-refractivity contribution in [2.24, 2.45) is 0 Å². The summed E-state index contributed by atoms with van der Waals surface area (Å²) in [7, 11) is 0. The molecule has 184 valence electrons. The Hall–Kier alpha value is -3.89. The summed E-state index contributed by atoms with van der Waals surface area (Å²) in [5.74, 6) is 1.21. The molecule has 0 spiro atoms. The van der Waals surface area contributed by atoms with Crippen LogP contribution in [0.1, 0.15) is 46.8 Å². The van der Waals surface area contributed by atoms with E-state index in [0.717, 1.165) is 49.3 Å². The van der Waals surface area contributed by atoms with Gasteiger partial charge in [-0.05, 0) is 61.6 Å². The number of nitrogens with zero attached hydrogens (tertiary/aromatic N) is 4. The number of carbonyl (C=O) groups excluding carboxylic acids is 1. The molecule has 7 heteroatoms. The fraction of sp³-hybridized carbons (Fsp3) is 0.345. The monoisotopic (exact) mass is 482 g/mol. The number of piperidine rings is 1. The van der Waals surface area contributed by atoms with Crippen LogP contribution in [-0.2, 0) is 11.3 Å². The van der Waals surface area contributed by atoms with Crippen LogP contribution in [0.2, 0.25) is 0 Å². The van der Waals surface area contributed by atoms with Gasteiger partial charge in [0.2, 0.25) is 5.88 Å². The van der Waals surface area contributed by atoms with Crippen LogP contribution in [0.25, 0.3) is 0 Å². The van der Waals surface area contributed by atoms with E-state index in [1.807, 2.05) is 49.1 Å². The number of aryl methyl sites for hydroxylation is 2. The Labute approximate surface area is 211 Å². The Morgan fingerprint density at radius 2 is 1.86 bits per heavy atom. The average molecular weight is 483 g/mol. The summed E-state index contributed by atoms with van der Waals surface area (Å²) in [6, 6.07) is 21.9. The molecule has 2 aliphatic rings. The largest absolute Gasteiger partial charge is 0.447 e. The van der Waals surface area contributed by atoms with E-state index in [2.05, 4.69) is 34.2 Å². The molecule has 1 aromatic heterocycles. The third-order valence-corrected chi connectivity index (χ3v) is 7.15. The zero-order valence-corrected chi connectivity index (χ0v) is 20.7. The lowest BCUT2D eigenvalue weighted by Crippen LogP contribution is -2.46. The summed E-state index contributed by atoms with van der Waals surface area (Å²) in [6.07, 6.45) is 1.64. The molecule has 5 rings (SSSR count). The van der Waals surface area contributed by atoms with Gasteiger partial charge >= 0.3 is 6.09 Å². The maximum atomic E-state index is 12.5. The summed E-state index contributed by atoms with van der Waals surface area (Å²) >= 11 is 0. The van der Waals surface area contributed by atoms with Gasteiger partial charge in [0.05, 0.1) is 17.7 Å². The Morgan fingerprint density at radius 3 is 2.56 bits per heavy atom. The minimum Gasteiger partial charge on any atom is -0.447 e. The predicted molar refractivity (Wildman–Crippen MR) is 136 cm³/mol. The van der Waals surface area contributed by atoms with E-state index in [1.165, 1.54) is 5.56 Å². The first-order chi connectivity index (χ1) is 17.5. The zero-order chi connectivity index (χ0) is 25.1. The van der Waals surface area contributed by atoms with Crippen molar-refractivity contribution < 1.29 is 14.3 Å². The number of ether oxygens (including phenoxy) is 2. The van der Waals surface area contributed by atoms with E-state index < -0.39 is 0 Å². The van der Waals surface area contributed by atoms with Gasteiger partial charge in [-0.3, -0.25) is 9.80 Å². The van der Waals surface area contributed by atoms with Crippen LogP contribution in [0.5, 0.6) is 11.6 Å². The van der Waals surface area contributed by atoms with Crippen molar-refractivity contribution in [2.45, 2.75) is 45.3 Å². The average Bonchev–Trinajstić information content (AvgIpc) is 3.28. The Morgan fingerprint density at radius 1 is 1.08 bits per heavy atom. The molecule has 0 bridgehead atoms. The molecule has 0 N–H and O–H groups in total. The highest BCUT2D eigenvalue weighted by molar-refractivity contribution is 5.71. The second-order valence-corrected chi connectivity index (χ2v) is 9.50. The van der Waals surface area contributed by atoms with Gasteiger partial charge in [-0.25, -0.2) is 9.78 Å². The number of cyclic esters (lactones) is 1. The number of pyridine rings is 1. The molecule has 0 radical (unpaired) electrons. The van der Waals surface area contributed by atoms with Gasteiger partial charge < -0.3 is 9.47 Å². The molecule has 36 heavy (non-hydrogen) atoms. The topological polar surface area (TPSA) is 78.7 Å². The minimum atomic E-state index is -0.199. The molecule has 3 aromatic rings. The molecule has 0 unspecified atom stereocenters. The van der Waals surface area contributed by atoms with Crippen LogP contribution in [0.3, 0.4) is 0 Å². The fourth-order valence-electron chi connectivity index (χ4n) is 5.10. The van der Waals surface area contributed by atoms with Gasteiger partial charge in [-0.2, -0.15) is 5.26 Å². The highest BCUT2D eigenvalue weighted by Gasteiger charge is 2.40. The summed E-state index contributed by atoms with van der Waals surface area (Å²) in [5.41, 5.74) is 4.75. The molecule has 1 amide bonds. The van der Waals surface area contributed by atoms with Crippen molar-refractivity contribution in [3.05, 3.63) is 88.6 Å². The van der Waals surface area contributed by atoms with Crippen LogP contribution in [0, 0.1) is 25.2 Å². The number of aromatic nitrogens is 1. The first-order valence-electron chi connectivity index (χ1n) is 12.4. The molecular weight excluding hydrogens is 452 g/mol.